The summed E-state index contributed by atoms with van der Waals surface area (Å²) in [6, 6.07) is 6.52. The number of benzene rings is 1. The molecule has 1 amide bonds. The molecule has 1 N–H and O–H groups in total. The van der Waals surface area contributed by atoms with Crippen molar-refractivity contribution < 1.29 is 9.53 Å². The van der Waals surface area contributed by atoms with Crippen LogP contribution in [0.4, 0.5) is 4.79 Å². The highest BCUT2D eigenvalue weighted by Gasteiger charge is 2.20. The summed E-state index contributed by atoms with van der Waals surface area (Å²) in [4.78, 5) is 13.6. The fourth-order valence-corrected chi connectivity index (χ4v) is 2.39. The minimum Gasteiger partial charge on any atom is -0.444 e. The molecule has 0 radical (unpaired) electrons. The van der Waals surface area contributed by atoms with Gasteiger partial charge in [0.1, 0.15) is 5.60 Å². The van der Waals surface area contributed by atoms with Crippen molar-refractivity contribution >= 4 is 6.09 Å². The number of nitrogens with zero attached hydrogens (tertiary/aromatic N) is 1. The lowest BCUT2D eigenvalue weighted by Crippen LogP contribution is -2.38. The Kier molecular flexibility index (Phi) is 7.07. The van der Waals surface area contributed by atoms with Crippen molar-refractivity contribution in [2.24, 2.45) is 5.92 Å². The number of amides is 1. The van der Waals surface area contributed by atoms with E-state index in [1.807, 2.05) is 20.8 Å². The van der Waals surface area contributed by atoms with Crippen molar-refractivity contribution in [3.05, 3.63) is 34.9 Å². The number of carbonyl (C=O) groups is 1. The molecule has 0 spiro atoms. The van der Waals surface area contributed by atoms with Crippen molar-refractivity contribution in [3.8, 4) is 0 Å². The van der Waals surface area contributed by atoms with E-state index in [1.54, 1.807) is 11.9 Å². The van der Waals surface area contributed by atoms with Gasteiger partial charge < -0.3 is 15.0 Å². The number of aryl methyl sites for hydroxylation is 2. The van der Waals surface area contributed by atoms with E-state index in [0.717, 1.165) is 13.1 Å². The van der Waals surface area contributed by atoms with Gasteiger partial charge in [-0.05, 0) is 58.2 Å². The van der Waals surface area contributed by atoms with Crippen molar-refractivity contribution in [2.75, 3.05) is 20.1 Å². The van der Waals surface area contributed by atoms with Crippen LogP contribution in [-0.2, 0) is 11.3 Å². The van der Waals surface area contributed by atoms with Crippen molar-refractivity contribution in [3.63, 3.8) is 0 Å². The van der Waals surface area contributed by atoms with Gasteiger partial charge in [0, 0.05) is 20.1 Å². The van der Waals surface area contributed by atoms with Crippen molar-refractivity contribution in [1.82, 2.24) is 10.2 Å². The highest BCUT2D eigenvalue weighted by Crippen LogP contribution is 2.11. The van der Waals surface area contributed by atoms with Gasteiger partial charge in [0.05, 0.1) is 0 Å². The molecule has 1 atom stereocenters. The topological polar surface area (TPSA) is 41.6 Å². The van der Waals surface area contributed by atoms with E-state index in [0.29, 0.717) is 12.5 Å². The summed E-state index contributed by atoms with van der Waals surface area (Å²) >= 11 is 0. The van der Waals surface area contributed by atoms with E-state index in [4.69, 9.17) is 4.74 Å². The quantitative estimate of drug-likeness (QED) is 0.864. The molecule has 1 unspecified atom stereocenters. The van der Waals surface area contributed by atoms with E-state index in [-0.39, 0.29) is 6.09 Å². The molecule has 0 aliphatic heterocycles. The fraction of sp³-hybridized carbons (Fsp3) is 0.632. The van der Waals surface area contributed by atoms with Gasteiger partial charge in [0.2, 0.25) is 0 Å². The number of carbonyl (C=O) groups excluding carboxylic acids is 1. The highest BCUT2D eigenvalue weighted by atomic mass is 16.6. The third-order valence-corrected chi connectivity index (χ3v) is 3.60. The number of nitrogens with one attached hydrogen (secondary N) is 1. The van der Waals surface area contributed by atoms with Gasteiger partial charge in [0.15, 0.2) is 0 Å². The number of rotatable bonds is 6. The lowest BCUT2D eigenvalue weighted by molar-refractivity contribution is 0.0277. The molecule has 0 heterocycles. The van der Waals surface area contributed by atoms with Crippen LogP contribution >= 0.6 is 0 Å². The van der Waals surface area contributed by atoms with Crippen LogP contribution in [0.3, 0.4) is 0 Å². The Hall–Kier alpha value is -1.55. The summed E-state index contributed by atoms with van der Waals surface area (Å²) in [7, 11) is 1.79. The van der Waals surface area contributed by atoms with E-state index in [9.17, 15) is 4.79 Å². The summed E-state index contributed by atoms with van der Waals surface area (Å²) in [6.45, 7) is 14.4. The van der Waals surface area contributed by atoms with Gasteiger partial charge >= 0.3 is 6.09 Å². The average molecular weight is 320 g/mol. The van der Waals surface area contributed by atoms with Crippen LogP contribution in [0.5, 0.6) is 0 Å². The molecule has 0 fully saturated rings. The molecule has 0 saturated carbocycles. The first kappa shape index (κ1) is 19.5. The molecule has 0 aliphatic carbocycles. The van der Waals surface area contributed by atoms with Crippen LogP contribution in [-0.4, -0.2) is 36.7 Å². The second-order valence-electron chi connectivity index (χ2n) is 7.53. The largest absolute Gasteiger partial charge is 0.444 e. The monoisotopic (exact) mass is 320 g/mol. The van der Waals surface area contributed by atoms with E-state index >= 15 is 0 Å². The molecular formula is C19H32N2O2. The fourth-order valence-electron chi connectivity index (χ4n) is 2.39. The van der Waals surface area contributed by atoms with Gasteiger partial charge in [-0.1, -0.05) is 30.7 Å². The van der Waals surface area contributed by atoms with Crippen LogP contribution in [0.25, 0.3) is 0 Å². The molecule has 0 saturated heterocycles. The second-order valence-corrected chi connectivity index (χ2v) is 7.53. The minimum atomic E-state index is -0.449. The number of hydrogen-bond donors (Lipinski definition) is 1. The van der Waals surface area contributed by atoms with Crippen LogP contribution in [0.2, 0.25) is 0 Å². The van der Waals surface area contributed by atoms with Gasteiger partial charge in [-0.3, -0.25) is 0 Å². The average Bonchev–Trinajstić information content (AvgIpc) is 2.40. The lowest BCUT2D eigenvalue weighted by atomic mass is 10.1. The van der Waals surface area contributed by atoms with Crippen LogP contribution < -0.4 is 5.32 Å². The Morgan fingerprint density at radius 1 is 1.30 bits per heavy atom. The van der Waals surface area contributed by atoms with E-state index < -0.39 is 5.60 Å². The van der Waals surface area contributed by atoms with Gasteiger partial charge in [-0.25, -0.2) is 4.79 Å². The Bertz CT molecular complexity index is 521. The predicted molar refractivity (Wildman–Crippen MR) is 95.7 cm³/mol. The van der Waals surface area contributed by atoms with Crippen LogP contribution in [0, 0.1) is 19.8 Å². The van der Waals surface area contributed by atoms with Crippen molar-refractivity contribution in [1.29, 1.82) is 0 Å². The Morgan fingerprint density at radius 2 is 1.96 bits per heavy atom. The molecule has 0 aliphatic rings. The first-order valence-electron chi connectivity index (χ1n) is 8.29. The summed E-state index contributed by atoms with van der Waals surface area (Å²) in [5.74, 6) is 0.359. The maximum Gasteiger partial charge on any atom is 0.410 e. The molecule has 4 nitrogen and oxygen atoms in total. The summed E-state index contributed by atoms with van der Waals surface area (Å²) in [6.07, 6.45) is -0.265. The first-order valence-corrected chi connectivity index (χ1v) is 8.29. The summed E-state index contributed by atoms with van der Waals surface area (Å²) in [5.41, 5.74) is 3.47. The Labute approximate surface area is 141 Å². The maximum atomic E-state index is 12.0. The Morgan fingerprint density at radius 3 is 2.57 bits per heavy atom. The van der Waals surface area contributed by atoms with Gasteiger partial charge in [-0.2, -0.15) is 0 Å². The molecule has 1 aromatic carbocycles. The summed E-state index contributed by atoms with van der Waals surface area (Å²) < 4.78 is 5.37. The molecule has 0 aromatic heterocycles. The zero-order valence-electron chi connectivity index (χ0n) is 15.7. The zero-order chi connectivity index (χ0) is 17.6. The molecular weight excluding hydrogens is 288 g/mol. The molecule has 0 bridgehead atoms. The van der Waals surface area contributed by atoms with Gasteiger partial charge in [0.25, 0.3) is 0 Å². The summed E-state index contributed by atoms with van der Waals surface area (Å²) in [5, 5.41) is 3.48. The molecule has 1 aromatic rings. The van der Waals surface area contributed by atoms with Crippen LogP contribution in [0.15, 0.2) is 18.2 Å². The van der Waals surface area contributed by atoms with E-state index in [2.05, 4.69) is 44.3 Å². The zero-order valence-corrected chi connectivity index (χ0v) is 15.7. The molecule has 130 valence electrons. The maximum absolute atomic E-state index is 12.0. The number of hydrogen-bond acceptors (Lipinski definition) is 3. The third-order valence-electron chi connectivity index (χ3n) is 3.60. The van der Waals surface area contributed by atoms with Crippen molar-refractivity contribution in [2.45, 2.75) is 53.7 Å². The normalized spacial score (nSPS) is 12.8. The molecule has 4 heteroatoms. The predicted octanol–water partition coefficient (Wildman–Crippen LogP) is 3.90. The van der Waals surface area contributed by atoms with E-state index in [1.165, 1.54) is 16.7 Å². The SMILES string of the molecule is Cc1ccc(C)c(CNCC(C)CN(C)C(=O)OC(C)(C)C)c1. The Balaban J connectivity index is 2.38. The lowest BCUT2D eigenvalue weighted by Gasteiger charge is -2.26. The minimum absolute atomic E-state index is 0.265. The standard InChI is InChI=1S/C19H32N2O2/c1-14-8-9-16(3)17(10-14)12-20-11-15(2)13-21(7)18(22)23-19(4,5)6/h8-10,15,20H,11-13H2,1-7H3. The number of ether oxygens (including phenoxy) is 1. The highest BCUT2D eigenvalue weighted by molar-refractivity contribution is 5.67. The molecule has 1 rings (SSSR count). The van der Waals surface area contributed by atoms with Gasteiger partial charge in [-0.15, -0.1) is 0 Å². The first-order chi connectivity index (χ1) is 10.6. The van der Waals surface area contributed by atoms with Crippen LogP contribution in [0.1, 0.15) is 44.4 Å². The third kappa shape index (κ3) is 7.51. The second kappa shape index (κ2) is 8.34. The molecule has 23 heavy (non-hydrogen) atoms. The smallest absolute Gasteiger partial charge is 0.410 e.